The fourth-order valence-corrected chi connectivity index (χ4v) is 2.63. The second kappa shape index (κ2) is 9.64. The molecule has 0 aromatic carbocycles. The van der Waals surface area contributed by atoms with E-state index in [0.29, 0.717) is 19.0 Å². The number of carbonyl (C=O) groups is 1. The number of azide groups is 1. The molecule has 1 unspecified atom stereocenters. The van der Waals surface area contributed by atoms with Crippen LogP contribution in [0.2, 0.25) is 0 Å². The zero-order valence-corrected chi connectivity index (χ0v) is 11.7. The zero-order chi connectivity index (χ0) is 13.9. The number of hydrogen-bond acceptors (Lipinski definition) is 4. The summed E-state index contributed by atoms with van der Waals surface area (Å²) >= 11 is 0. The van der Waals surface area contributed by atoms with Crippen LogP contribution < -0.4 is 5.32 Å². The largest absolute Gasteiger partial charge is 0.468 e. The van der Waals surface area contributed by atoms with E-state index in [0.717, 1.165) is 12.8 Å². The highest BCUT2D eigenvalue weighted by Crippen LogP contribution is 2.27. The Hall–Kier alpha value is -1.26. The molecule has 0 bridgehead atoms. The smallest absolute Gasteiger partial charge is 0.322 e. The van der Waals surface area contributed by atoms with E-state index < -0.39 is 0 Å². The number of esters is 1. The molecule has 1 N–H and O–H groups in total. The lowest BCUT2D eigenvalue weighted by atomic mass is 9.85. The van der Waals surface area contributed by atoms with Crippen molar-refractivity contribution in [2.75, 3.05) is 20.2 Å². The maximum absolute atomic E-state index is 11.7. The first-order valence-corrected chi connectivity index (χ1v) is 7.10. The minimum atomic E-state index is -0.223. The second-order valence-corrected chi connectivity index (χ2v) is 5.08. The van der Waals surface area contributed by atoms with E-state index in [9.17, 15) is 4.79 Å². The standard InChI is InChI=1S/C13H24N4O2/c1-19-13(18)12(15-8-5-9-16-17-14)10-11-6-3-2-4-7-11/h11-12,15H,2-10H2,1H3. The van der Waals surface area contributed by atoms with Gasteiger partial charge in [-0.05, 0) is 30.8 Å². The van der Waals surface area contributed by atoms with E-state index in [1.807, 2.05) is 0 Å². The topological polar surface area (TPSA) is 87.1 Å². The molecule has 0 radical (unpaired) electrons. The summed E-state index contributed by atoms with van der Waals surface area (Å²) in [5, 5.41) is 6.69. The maximum Gasteiger partial charge on any atom is 0.322 e. The molecule has 0 spiro atoms. The number of nitrogens with one attached hydrogen (secondary N) is 1. The van der Waals surface area contributed by atoms with Crippen molar-refractivity contribution >= 4 is 5.97 Å². The van der Waals surface area contributed by atoms with Crippen molar-refractivity contribution in [2.45, 2.75) is 51.0 Å². The summed E-state index contributed by atoms with van der Waals surface area (Å²) < 4.78 is 4.85. The molecule has 1 atom stereocenters. The molecule has 1 fully saturated rings. The molecule has 0 amide bonds. The van der Waals surface area contributed by atoms with Gasteiger partial charge in [-0.2, -0.15) is 0 Å². The molecular weight excluding hydrogens is 244 g/mol. The average molecular weight is 268 g/mol. The summed E-state index contributed by atoms with van der Waals surface area (Å²) in [6, 6.07) is -0.223. The van der Waals surface area contributed by atoms with Gasteiger partial charge in [0.05, 0.1) is 7.11 Å². The van der Waals surface area contributed by atoms with Gasteiger partial charge in [0.2, 0.25) is 0 Å². The molecule has 0 heterocycles. The van der Waals surface area contributed by atoms with Crippen molar-refractivity contribution < 1.29 is 9.53 Å². The Morgan fingerprint density at radius 2 is 2.21 bits per heavy atom. The van der Waals surface area contributed by atoms with Crippen LogP contribution in [-0.4, -0.2) is 32.2 Å². The Balaban J connectivity index is 2.33. The highest BCUT2D eigenvalue weighted by molar-refractivity contribution is 5.75. The molecule has 0 saturated heterocycles. The Morgan fingerprint density at radius 1 is 1.47 bits per heavy atom. The van der Waals surface area contributed by atoms with Crippen LogP contribution >= 0.6 is 0 Å². The minimum Gasteiger partial charge on any atom is -0.468 e. The van der Waals surface area contributed by atoms with Gasteiger partial charge in [-0.15, -0.1) is 0 Å². The first kappa shape index (κ1) is 15.8. The number of methoxy groups -OCH3 is 1. The van der Waals surface area contributed by atoms with Crippen molar-refractivity contribution in [2.24, 2.45) is 11.0 Å². The van der Waals surface area contributed by atoms with Crippen LogP contribution in [0, 0.1) is 5.92 Å². The van der Waals surface area contributed by atoms with Crippen LogP contribution in [0.25, 0.3) is 10.4 Å². The van der Waals surface area contributed by atoms with Gasteiger partial charge >= 0.3 is 5.97 Å². The van der Waals surface area contributed by atoms with Gasteiger partial charge in [0, 0.05) is 11.5 Å². The fraction of sp³-hybridized carbons (Fsp3) is 0.923. The number of ether oxygens (including phenoxy) is 1. The van der Waals surface area contributed by atoms with Gasteiger partial charge in [-0.3, -0.25) is 4.79 Å². The van der Waals surface area contributed by atoms with Crippen LogP contribution in [0.4, 0.5) is 0 Å². The van der Waals surface area contributed by atoms with E-state index in [-0.39, 0.29) is 12.0 Å². The van der Waals surface area contributed by atoms with Crippen molar-refractivity contribution in [3.05, 3.63) is 10.4 Å². The predicted octanol–water partition coefficient (Wildman–Crippen LogP) is 2.79. The van der Waals surface area contributed by atoms with E-state index >= 15 is 0 Å². The maximum atomic E-state index is 11.7. The quantitative estimate of drug-likeness (QED) is 0.241. The van der Waals surface area contributed by atoms with Crippen molar-refractivity contribution in [3.63, 3.8) is 0 Å². The van der Waals surface area contributed by atoms with E-state index in [2.05, 4.69) is 15.3 Å². The van der Waals surface area contributed by atoms with Crippen molar-refractivity contribution in [1.82, 2.24) is 5.32 Å². The van der Waals surface area contributed by atoms with Gasteiger partial charge in [0.25, 0.3) is 0 Å². The first-order valence-electron chi connectivity index (χ1n) is 7.10. The third-order valence-corrected chi connectivity index (χ3v) is 3.67. The first-order chi connectivity index (χ1) is 9.27. The number of nitrogens with zero attached hydrogens (tertiary/aromatic N) is 3. The van der Waals surface area contributed by atoms with E-state index in [4.69, 9.17) is 10.3 Å². The Labute approximate surface area is 114 Å². The highest BCUT2D eigenvalue weighted by Gasteiger charge is 2.24. The molecule has 0 aromatic heterocycles. The second-order valence-electron chi connectivity index (χ2n) is 5.08. The van der Waals surface area contributed by atoms with E-state index in [1.165, 1.54) is 39.2 Å². The van der Waals surface area contributed by atoms with Gasteiger partial charge in [0.15, 0.2) is 0 Å². The predicted molar refractivity (Wildman–Crippen MR) is 73.6 cm³/mol. The average Bonchev–Trinajstić information content (AvgIpc) is 2.46. The number of carbonyl (C=O) groups excluding carboxylic acids is 1. The van der Waals surface area contributed by atoms with Crippen LogP contribution in [0.3, 0.4) is 0 Å². The molecule has 0 aliphatic heterocycles. The molecule has 0 aromatic rings. The lowest BCUT2D eigenvalue weighted by molar-refractivity contribution is -0.143. The van der Waals surface area contributed by atoms with Gasteiger partial charge in [-0.25, -0.2) is 0 Å². The molecule has 1 saturated carbocycles. The molecule has 6 heteroatoms. The summed E-state index contributed by atoms with van der Waals surface area (Å²) in [7, 11) is 1.43. The fourth-order valence-electron chi connectivity index (χ4n) is 2.63. The monoisotopic (exact) mass is 268 g/mol. The van der Waals surface area contributed by atoms with Crippen LogP contribution in [0.1, 0.15) is 44.9 Å². The Kier molecular flexibility index (Phi) is 8.02. The molecule has 1 rings (SSSR count). The van der Waals surface area contributed by atoms with Crippen molar-refractivity contribution in [3.8, 4) is 0 Å². The summed E-state index contributed by atoms with van der Waals surface area (Å²) in [4.78, 5) is 14.4. The Morgan fingerprint density at radius 3 is 2.84 bits per heavy atom. The minimum absolute atomic E-state index is 0.186. The molecule has 6 nitrogen and oxygen atoms in total. The SMILES string of the molecule is COC(=O)C(CC1CCCCC1)NCCCN=[N+]=[N-]. The molecular formula is C13H24N4O2. The third kappa shape index (κ3) is 6.45. The summed E-state index contributed by atoms with van der Waals surface area (Å²) in [5.74, 6) is 0.442. The third-order valence-electron chi connectivity index (χ3n) is 3.67. The van der Waals surface area contributed by atoms with Gasteiger partial charge < -0.3 is 10.1 Å². The van der Waals surface area contributed by atoms with Crippen molar-refractivity contribution in [1.29, 1.82) is 0 Å². The van der Waals surface area contributed by atoms with Crippen LogP contribution in [0.5, 0.6) is 0 Å². The lowest BCUT2D eigenvalue weighted by Crippen LogP contribution is -2.40. The number of hydrogen-bond donors (Lipinski definition) is 1. The van der Waals surface area contributed by atoms with Crippen LogP contribution in [0.15, 0.2) is 5.11 Å². The lowest BCUT2D eigenvalue weighted by Gasteiger charge is -2.25. The molecule has 1 aliphatic rings. The molecule has 19 heavy (non-hydrogen) atoms. The van der Waals surface area contributed by atoms with Crippen LogP contribution in [-0.2, 0) is 9.53 Å². The van der Waals surface area contributed by atoms with Gasteiger partial charge in [0.1, 0.15) is 6.04 Å². The Bertz CT molecular complexity index is 310. The summed E-state index contributed by atoms with van der Waals surface area (Å²) in [6.07, 6.45) is 7.89. The molecule has 1 aliphatic carbocycles. The summed E-state index contributed by atoms with van der Waals surface area (Å²) in [5.41, 5.74) is 8.18. The number of rotatable bonds is 8. The molecule has 108 valence electrons. The normalized spacial score (nSPS) is 17.5. The van der Waals surface area contributed by atoms with E-state index in [1.54, 1.807) is 0 Å². The zero-order valence-electron chi connectivity index (χ0n) is 11.7. The summed E-state index contributed by atoms with van der Waals surface area (Å²) in [6.45, 7) is 1.13. The van der Waals surface area contributed by atoms with Gasteiger partial charge in [-0.1, -0.05) is 37.2 Å². The highest BCUT2D eigenvalue weighted by atomic mass is 16.5.